The summed E-state index contributed by atoms with van der Waals surface area (Å²) in [5, 5.41) is 18.7. The first kappa shape index (κ1) is 30.4. The van der Waals surface area contributed by atoms with Crippen molar-refractivity contribution in [2.45, 2.75) is 56.8 Å². The van der Waals surface area contributed by atoms with E-state index in [0.29, 0.717) is 16.5 Å². The van der Waals surface area contributed by atoms with E-state index in [9.17, 15) is 27.9 Å². The zero-order valence-corrected chi connectivity index (χ0v) is 24.7. The molecule has 13 heteroatoms. The molecule has 2 heterocycles. The van der Waals surface area contributed by atoms with E-state index < -0.39 is 42.3 Å². The molecule has 0 bridgehead atoms. The van der Waals surface area contributed by atoms with Crippen LogP contribution in [-0.4, -0.2) is 58.1 Å². The van der Waals surface area contributed by atoms with Gasteiger partial charge in [0.05, 0.1) is 38.4 Å². The molecule has 0 spiro atoms. The molecule has 0 aliphatic heterocycles. The standard InChI is InChI=1S/C32H32F3N5O5/c1-3-45-29-20(14-26(36)41)13-25(38-28(29)19-7-5-17-4-6-18(17)10-19)31(43,32(33,34)35)16-37-30(42)21-11-22-15-40(23-8-9-23)39-27(22)24(12-21)44-2/h5,7,10-13,15,23,43H,3-4,6,8-9,14,16H2,1-2H3,(H2,36,41)(H,37,42)/t31-/m0/s1. The zero-order chi connectivity index (χ0) is 32.1. The first-order chi connectivity index (χ1) is 21.4. The third-order valence-electron chi connectivity index (χ3n) is 8.24. The monoisotopic (exact) mass is 623 g/mol. The Morgan fingerprint density at radius 3 is 2.49 bits per heavy atom. The Hall–Kier alpha value is -4.65. The number of aromatic nitrogens is 3. The molecule has 6 rings (SSSR count). The van der Waals surface area contributed by atoms with Gasteiger partial charge < -0.3 is 25.6 Å². The normalized spacial score (nSPS) is 15.6. The van der Waals surface area contributed by atoms with Crippen LogP contribution in [0.4, 0.5) is 13.2 Å². The largest absolute Gasteiger partial charge is 0.494 e. The highest BCUT2D eigenvalue weighted by molar-refractivity contribution is 6.00. The fourth-order valence-corrected chi connectivity index (χ4v) is 5.54. The number of pyridine rings is 1. The zero-order valence-electron chi connectivity index (χ0n) is 24.7. The maximum atomic E-state index is 14.8. The number of aryl methyl sites for hydroxylation is 2. The maximum Gasteiger partial charge on any atom is 0.424 e. The molecule has 2 aliphatic rings. The highest BCUT2D eigenvalue weighted by atomic mass is 19.4. The molecule has 2 aliphatic carbocycles. The minimum absolute atomic E-state index is 0.0241. The van der Waals surface area contributed by atoms with Crippen molar-refractivity contribution in [1.82, 2.24) is 20.1 Å². The number of hydrogen-bond acceptors (Lipinski definition) is 7. The summed E-state index contributed by atoms with van der Waals surface area (Å²) in [6.07, 6.45) is -0.322. The number of halogens is 3. The lowest BCUT2D eigenvalue weighted by Gasteiger charge is -2.31. The van der Waals surface area contributed by atoms with Gasteiger partial charge in [-0.25, -0.2) is 4.98 Å². The Morgan fingerprint density at radius 2 is 1.89 bits per heavy atom. The molecular formula is C32H32F3N5O5. The summed E-state index contributed by atoms with van der Waals surface area (Å²) in [4.78, 5) is 29.5. The third-order valence-corrected chi connectivity index (χ3v) is 8.24. The summed E-state index contributed by atoms with van der Waals surface area (Å²) in [5.74, 6) is -1.30. The number of aliphatic hydroxyl groups is 1. The van der Waals surface area contributed by atoms with Gasteiger partial charge in [0, 0.05) is 28.3 Å². The average molecular weight is 624 g/mol. The first-order valence-corrected chi connectivity index (χ1v) is 14.6. The molecule has 0 unspecified atom stereocenters. The van der Waals surface area contributed by atoms with Crippen molar-refractivity contribution >= 4 is 22.7 Å². The van der Waals surface area contributed by atoms with Gasteiger partial charge in [-0.2, -0.15) is 18.3 Å². The van der Waals surface area contributed by atoms with Gasteiger partial charge in [-0.1, -0.05) is 12.1 Å². The summed E-state index contributed by atoms with van der Waals surface area (Å²) in [5.41, 5.74) is 4.21. The lowest BCUT2D eigenvalue weighted by Crippen LogP contribution is -2.51. The van der Waals surface area contributed by atoms with Crippen molar-refractivity contribution in [2.24, 2.45) is 5.73 Å². The van der Waals surface area contributed by atoms with Crippen molar-refractivity contribution in [1.29, 1.82) is 0 Å². The molecule has 1 saturated carbocycles. The van der Waals surface area contributed by atoms with E-state index in [1.807, 2.05) is 12.1 Å². The molecule has 0 saturated heterocycles. The number of methoxy groups -OCH3 is 1. The van der Waals surface area contributed by atoms with Crippen LogP contribution in [0.5, 0.6) is 11.5 Å². The molecule has 45 heavy (non-hydrogen) atoms. The van der Waals surface area contributed by atoms with Gasteiger partial charge in [-0.15, -0.1) is 0 Å². The quantitative estimate of drug-likeness (QED) is 0.228. The number of nitrogens with one attached hydrogen (secondary N) is 1. The van der Waals surface area contributed by atoms with Crippen molar-refractivity contribution in [3.63, 3.8) is 0 Å². The van der Waals surface area contributed by atoms with Crippen molar-refractivity contribution in [2.75, 3.05) is 20.3 Å². The van der Waals surface area contributed by atoms with Crippen LogP contribution in [0.2, 0.25) is 0 Å². The van der Waals surface area contributed by atoms with Gasteiger partial charge in [0.25, 0.3) is 5.91 Å². The van der Waals surface area contributed by atoms with Gasteiger partial charge in [0.15, 0.2) is 0 Å². The molecule has 1 fully saturated rings. The minimum atomic E-state index is -5.28. The maximum absolute atomic E-state index is 14.8. The number of carbonyl (C=O) groups excluding carboxylic acids is 2. The highest BCUT2D eigenvalue weighted by Gasteiger charge is 2.57. The summed E-state index contributed by atoms with van der Waals surface area (Å²) in [6, 6.07) is 9.50. The second kappa shape index (κ2) is 11.4. The van der Waals surface area contributed by atoms with E-state index in [1.165, 1.54) is 19.2 Å². The van der Waals surface area contributed by atoms with Gasteiger partial charge in [0.2, 0.25) is 11.5 Å². The number of ether oxygens (including phenoxy) is 2. The van der Waals surface area contributed by atoms with E-state index in [4.69, 9.17) is 15.2 Å². The van der Waals surface area contributed by atoms with Crippen LogP contribution < -0.4 is 20.5 Å². The van der Waals surface area contributed by atoms with Gasteiger partial charge in [-0.05, 0) is 68.0 Å². The highest BCUT2D eigenvalue weighted by Crippen LogP contribution is 2.43. The number of nitrogens with zero attached hydrogens (tertiary/aromatic N) is 3. The number of primary amides is 1. The second-order valence-electron chi connectivity index (χ2n) is 11.4. The molecule has 0 radical (unpaired) electrons. The Bertz CT molecular complexity index is 1820. The molecule has 1 atom stereocenters. The predicted octanol–water partition coefficient (Wildman–Crippen LogP) is 4.15. The number of hydrogen-bond donors (Lipinski definition) is 3. The second-order valence-corrected chi connectivity index (χ2v) is 11.4. The predicted molar refractivity (Wildman–Crippen MR) is 158 cm³/mol. The minimum Gasteiger partial charge on any atom is -0.494 e. The SMILES string of the molecule is CCOc1c(CC(N)=O)cc([C@@](O)(CNC(=O)c2cc(OC)c3nn(C4CC4)cc3c2)C(F)(F)F)nc1-c1ccc2c(c1)CC2. The summed E-state index contributed by atoms with van der Waals surface area (Å²) >= 11 is 0. The third kappa shape index (κ3) is 5.68. The van der Waals surface area contributed by atoms with E-state index in [0.717, 1.165) is 42.9 Å². The number of alkyl halides is 3. The molecular weight excluding hydrogens is 591 g/mol. The Kier molecular flexibility index (Phi) is 7.67. The molecule has 4 aromatic rings. The topological polar surface area (TPSA) is 142 Å². The Morgan fingerprint density at radius 1 is 1.13 bits per heavy atom. The fourth-order valence-electron chi connectivity index (χ4n) is 5.54. The van der Waals surface area contributed by atoms with Crippen molar-refractivity contribution < 1.29 is 37.3 Å². The summed E-state index contributed by atoms with van der Waals surface area (Å²) < 4.78 is 57.3. The van der Waals surface area contributed by atoms with Crippen LogP contribution in [0.25, 0.3) is 22.2 Å². The van der Waals surface area contributed by atoms with Crippen LogP contribution in [0.3, 0.4) is 0 Å². The smallest absolute Gasteiger partial charge is 0.424 e. The lowest BCUT2D eigenvalue weighted by molar-refractivity contribution is -0.265. The van der Waals surface area contributed by atoms with Crippen LogP contribution in [0.15, 0.2) is 42.6 Å². The van der Waals surface area contributed by atoms with Crippen LogP contribution in [0, 0.1) is 0 Å². The Balaban J connectivity index is 1.38. The number of carbonyl (C=O) groups is 2. The lowest BCUT2D eigenvalue weighted by atomic mass is 9.86. The van der Waals surface area contributed by atoms with Gasteiger partial charge in [-0.3, -0.25) is 14.3 Å². The van der Waals surface area contributed by atoms with E-state index >= 15 is 0 Å². The van der Waals surface area contributed by atoms with Crippen LogP contribution >= 0.6 is 0 Å². The van der Waals surface area contributed by atoms with Crippen molar-refractivity contribution in [3.8, 4) is 22.8 Å². The molecule has 2 aromatic carbocycles. The molecule has 4 N–H and O–H groups in total. The van der Waals surface area contributed by atoms with Gasteiger partial charge >= 0.3 is 6.18 Å². The molecule has 236 valence electrons. The first-order valence-electron chi connectivity index (χ1n) is 14.6. The number of amides is 2. The van der Waals surface area contributed by atoms with Crippen molar-refractivity contribution in [3.05, 3.63) is 70.5 Å². The number of rotatable bonds is 11. The number of nitrogens with two attached hydrogens (primary N) is 1. The van der Waals surface area contributed by atoms with Crippen LogP contribution in [0.1, 0.15) is 58.5 Å². The van der Waals surface area contributed by atoms with Gasteiger partial charge in [0.1, 0.15) is 22.7 Å². The number of fused-ring (bicyclic) bond motifs is 2. The molecule has 2 amide bonds. The van der Waals surface area contributed by atoms with E-state index in [-0.39, 0.29) is 41.0 Å². The van der Waals surface area contributed by atoms with Crippen LogP contribution in [-0.2, 0) is 29.7 Å². The summed E-state index contributed by atoms with van der Waals surface area (Å²) in [7, 11) is 1.41. The average Bonchev–Trinajstić information content (AvgIpc) is 3.74. The Labute approximate surface area is 256 Å². The molecule has 2 aromatic heterocycles. The number of benzene rings is 2. The van der Waals surface area contributed by atoms with E-state index in [2.05, 4.69) is 15.4 Å². The summed E-state index contributed by atoms with van der Waals surface area (Å²) in [6.45, 7) is 0.559. The molecule has 10 nitrogen and oxygen atoms in total. The van der Waals surface area contributed by atoms with E-state index in [1.54, 1.807) is 23.9 Å². The fraction of sp³-hybridized carbons (Fsp3) is 0.375.